The van der Waals surface area contributed by atoms with Gasteiger partial charge in [-0.2, -0.15) is 0 Å². The summed E-state index contributed by atoms with van der Waals surface area (Å²) >= 11 is 0. The first-order valence-corrected chi connectivity index (χ1v) is 5.54. The van der Waals surface area contributed by atoms with Crippen LogP contribution < -0.4 is 0 Å². The minimum atomic E-state index is -1.67. The minimum Gasteiger partial charge on any atom is -0.481 e. The largest absolute Gasteiger partial charge is 0.481 e. The summed E-state index contributed by atoms with van der Waals surface area (Å²) in [7, 11) is 0. The lowest BCUT2D eigenvalue weighted by molar-refractivity contribution is -0.143. The number of aliphatic hydroxyl groups excluding tert-OH is 6. The Morgan fingerprint density at radius 1 is 0.700 bits per heavy atom. The second-order valence-corrected chi connectivity index (χ2v) is 3.77. The molecule has 0 saturated heterocycles. The summed E-state index contributed by atoms with van der Waals surface area (Å²) in [6.07, 6.45) is -6.98. The van der Waals surface area contributed by atoms with Crippen LogP contribution in [0.2, 0.25) is 0 Å². The van der Waals surface area contributed by atoms with Crippen molar-refractivity contribution in [2.45, 2.75) is 37.3 Å². The molecule has 0 bridgehead atoms. The van der Waals surface area contributed by atoms with Crippen LogP contribution in [0, 0.1) is 0 Å². The highest BCUT2D eigenvalue weighted by Crippen LogP contribution is 2.04. The Morgan fingerprint density at radius 2 is 0.950 bits per heavy atom. The van der Waals surface area contributed by atoms with Gasteiger partial charge in [-0.1, -0.05) is 0 Å². The molecule has 0 saturated carbocycles. The van der Waals surface area contributed by atoms with Gasteiger partial charge in [0.1, 0.15) is 24.4 Å². The first-order valence-electron chi connectivity index (χ1n) is 5.54. The lowest BCUT2D eigenvalue weighted by Crippen LogP contribution is -2.46. The van der Waals surface area contributed by atoms with Crippen LogP contribution in [0.1, 0.15) is 12.8 Å². The normalized spacial score (nSPS) is 16.3. The number of rotatable bonds is 8. The van der Waals surface area contributed by atoms with Crippen molar-refractivity contribution in [1.82, 2.24) is 0 Å². The van der Waals surface area contributed by atoms with Crippen LogP contribution in [0.5, 0.6) is 0 Å². The lowest BCUT2D eigenvalue weighted by atomic mass is 10.0. The second-order valence-electron chi connectivity index (χ2n) is 3.77. The highest BCUT2D eigenvalue weighted by Gasteiger charge is 2.29. The third-order valence-electron chi connectivity index (χ3n) is 2.07. The molecule has 0 aromatic heterocycles. The van der Waals surface area contributed by atoms with Crippen LogP contribution in [0.15, 0.2) is 0 Å². The molecule has 4 atom stereocenters. The van der Waals surface area contributed by atoms with Gasteiger partial charge in [0, 0.05) is 0 Å². The zero-order valence-corrected chi connectivity index (χ0v) is 10.5. The fourth-order valence-corrected chi connectivity index (χ4v) is 0.885. The molecule has 0 spiro atoms. The van der Waals surface area contributed by atoms with Gasteiger partial charge in [-0.05, 0) is 0 Å². The van der Waals surface area contributed by atoms with E-state index in [-0.39, 0.29) is 12.8 Å². The van der Waals surface area contributed by atoms with Crippen molar-refractivity contribution in [1.29, 1.82) is 0 Å². The molecule has 0 heterocycles. The molecule has 0 amide bonds. The highest BCUT2D eigenvalue weighted by molar-refractivity contribution is 5.75. The zero-order valence-electron chi connectivity index (χ0n) is 10.5. The Balaban J connectivity index is 0. The fraction of sp³-hybridized carbons (Fsp3) is 0.800. The molecule has 0 radical (unpaired) electrons. The molecule has 8 N–H and O–H groups in total. The number of hydrogen-bond donors (Lipinski definition) is 8. The molecule has 0 rings (SSSR count). The zero-order chi connectivity index (χ0) is 16.3. The highest BCUT2D eigenvalue weighted by atomic mass is 16.4. The van der Waals surface area contributed by atoms with Crippen molar-refractivity contribution in [2.75, 3.05) is 13.2 Å². The van der Waals surface area contributed by atoms with Gasteiger partial charge >= 0.3 is 11.9 Å². The third kappa shape index (κ3) is 10.6. The van der Waals surface area contributed by atoms with Gasteiger partial charge in [-0.15, -0.1) is 0 Å². The third-order valence-corrected chi connectivity index (χ3v) is 2.07. The minimum absolute atomic E-state index is 0.296. The van der Waals surface area contributed by atoms with Crippen molar-refractivity contribution in [3.63, 3.8) is 0 Å². The van der Waals surface area contributed by atoms with Crippen molar-refractivity contribution in [3.8, 4) is 0 Å². The number of aliphatic hydroxyl groups is 6. The van der Waals surface area contributed by atoms with E-state index in [0.29, 0.717) is 0 Å². The standard InChI is InChI=1S/C6H14O6.C4H6O4/c7-1-3(9)5(11)6(12)4(10)2-8;5-3(6)1-2-4(7)8/h3-12H,1-2H2;1-2H2,(H,5,6)(H,7,8)/t3-,4+,5-,6-;/m1./s1. The van der Waals surface area contributed by atoms with E-state index in [1.807, 2.05) is 0 Å². The molecule has 0 aliphatic rings. The number of carboxylic acid groups (broad SMARTS) is 2. The van der Waals surface area contributed by atoms with E-state index in [4.69, 9.17) is 40.9 Å². The summed E-state index contributed by atoms with van der Waals surface area (Å²) in [5, 5.41) is 68.0. The second kappa shape index (κ2) is 11.5. The fourth-order valence-electron chi connectivity index (χ4n) is 0.885. The van der Waals surface area contributed by atoms with E-state index in [0.717, 1.165) is 0 Å². The average Bonchev–Trinajstić information content (AvgIpc) is 2.42. The molecule has 10 heteroatoms. The molecule has 0 fully saturated rings. The van der Waals surface area contributed by atoms with Crippen LogP contribution in [0.4, 0.5) is 0 Å². The monoisotopic (exact) mass is 300 g/mol. The Labute approximate surface area is 114 Å². The number of carbonyl (C=O) groups is 2. The predicted molar refractivity (Wildman–Crippen MR) is 62.7 cm³/mol. The topological polar surface area (TPSA) is 196 Å². The van der Waals surface area contributed by atoms with Crippen LogP contribution in [-0.4, -0.2) is 90.4 Å². The maximum Gasteiger partial charge on any atom is 0.303 e. The van der Waals surface area contributed by atoms with E-state index in [2.05, 4.69) is 0 Å². The van der Waals surface area contributed by atoms with Crippen LogP contribution in [-0.2, 0) is 9.59 Å². The summed E-state index contributed by atoms with van der Waals surface area (Å²) in [4.78, 5) is 19.3. The van der Waals surface area contributed by atoms with Crippen molar-refractivity contribution in [3.05, 3.63) is 0 Å². The molecule has 0 unspecified atom stereocenters. The Morgan fingerprint density at radius 3 is 1.10 bits per heavy atom. The van der Waals surface area contributed by atoms with Gasteiger partial charge in [-0.3, -0.25) is 9.59 Å². The van der Waals surface area contributed by atoms with Gasteiger partial charge in [0.15, 0.2) is 0 Å². The SMILES string of the molecule is O=C(O)CCC(=O)O.OC[C@@H](O)[C@@H](O)[C@H](O)[C@@H](O)CO. The van der Waals surface area contributed by atoms with Crippen molar-refractivity contribution >= 4 is 11.9 Å². The maximum absolute atomic E-state index is 9.64. The molecule has 20 heavy (non-hydrogen) atoms. The number of hydrogen-bond acceptors (Lipinski definition) is 8. The van der Waals surface area contributed by atoms with Gasteiger partial charge < -0.3 is 40.9 Å². The molecule has 0 aliphatic heterocycles. The quantitative estimate of drug-likeness (QED) is 0.221. The summed E-state index contributed by atoms with van der Waals surface area (Å²) in [5.41, 5.74) is 0. The molecule has 0 aromatic carbocycles. The van der Waals surface area contributed by atoms with Crippen LogP contribution in [0.3, 0.4) is 0 Å². The smallest absolute Gasteiger partial charge is 0.303 e. The molecule has 120 valence electrons. The number of carboxylic acids is 2. The molecular weight excluding hydrogens is 280 g/mol. The Kier molecular flexibility index (Phi) is 12.1. The van der Waals surface area contributed by atoms with Crippen molar-refractivity contribution in [2.24, 2.45) is 0 Å². The Bertz CT molecular complexity index is 253. The van der Waals surface area contributed by atoms with E-state index in [1.165, 1.54) is 0 Å². The first-order chi connectivity index (χ1) is 9.17. The predicted octanol–water partition coefficient (Wildman–Crippen LogP) is -3.65. The van der Waals surface area contributed by atoms with Crippen molar-refractivity contribution < 1.29 is 50.4 Å². The molecule has 0 aliphatic carbocycles. The van der Waals surface area contributed by atoms with E-state index in [9.17, 15) is 9.59 Å². The van der Waals surface area contributed by atoms with Crippen LogP contribution in [0.25, 0.3) is 0 Å². The lowest BCUT2D eigenvalue weighted by Gasteiger charge is -2.24. The maximum atomic E-state index is 9.64. The molecular formula is C10H20O10. The van der Waals surface area contributed by atoms with E-state index < -0.39 is 49.6 Å². The molecule has 0 aromatic rings. The van der Waals surface area contributed by atoms with Gasteiger partial charge in [0.05, 0.1) is 26.1 Å². The average molecular weight is 300 g/mol. The summed E-state index contributed by atoms with van der Waals surface area (Å²) in [5.74, 6) is -2.15. The van der Waals surface area contributed by atoms with Gasteiger partial charge in [0.25, 0.3) is 0 Å². The van der Waals surface area contributed by atoms with Gasteiger partial charge in [0.2, 0.25) is 0 Å². The first kappa shape index (κ1) is 21.0. The van der Waals surface area contributed by atoms with E-state index >= 15 is 0 Å². The number of aliphatic carboxylic acids is 2. The van der Waals surface area contributed by atoms with Gasteiger partial charge in [-0.25, -0.2) is 0 Å². The Hall–Kier alpha value is -1.30. The summed E-state index contributed by atoms with van der Waals surface area (Å²) in [6.45, 7) is -1.45. The van der Waals surface area contributed by atoms with E-state index in [1.54, 1.807) is 0 Å². The summed E-state index contributed by atoms with van der Waals surface area (Å²) < 4.78 is 0. The van der Waals surface area contributed by atoms with Crippen LogP contribution >= 0.6 is 0 Å². The summed E-state index contributed by atoms with van der Waals surface area (Å²) in [6, 6.07) is 0. The molecule has 10 nitrogen and oxygen atoms in total.